The molecule has 2 heterocycles. The number of pyridine rings is 2. The summed E-state index contributed by atoms with van der Waals surface area (Å²) in [5.74, 6) is 0. The number of rotatable bonds is 9. The molecule has 24 heavy (non-hydrogen) atoms. The molecule has 0 aromatic carbocycles. The third-order valence-corrected chi connectivity index (χ3v) is 3.78. The summed E-state index contributed by atoms with van der Waals surface area (Å²) >= 11 is 0. The highest BCUT2D eigenvalue weighted by molar-refractivity contribution is 5.11. The second kappa shape index (κ2) is 9.44. The van der Waals surface area contributed by atoms with E-state index in [9.17, 15) is 0 Å². The van der Waals surface area contributed by atoms with Crippen molar-refractivity contribution in [1.29, 1.82) is 0 Å². The van der Waals surface area contributed by atoms with Gasteiger partial charge in [-0.2, -0.15) is 0 Å². The van der Waals surface area contributed by atoms with Gasteiger partial charge in [-0.25, -0.2) is 0 Å². The van der Waals surface area contributed by atoms with Gasteiger partial charge in [-0.3, -0.25) is 19.8 Å². The normalized spacial score (nSPS) is 11.4. The maximum atomic E-state index is 9.15. The molecule has 0 spiro atoms. The maximum absolute atomic E-state index is 9.15. The number of nitrogens with zero attached hydrogens (tertiary/aromatic N) is 4. The minimum atomic E-state index is -0.0276. The van der Waals surface area contributed by atoms with Gasteiger partial charge in [0.1, 0.15) is 0 Å². The van der Waals surface area contributed by atoms with Crippen molar-refractivity contribution in [2.24, 2.45) is 0 Å². The number of hydrogen-bond donors (Lipinski definition) is 2. The highest BCUT2D eigenvalue weighted by atomic mass is 16.3. The van der Waals surface area contributed by atoms with Crippen LogP contribution in [0.5, 0.6) is 0 Å². The molecule has 2 rings (SSSR count). The van der Waals surface area contributed by atoms with Crippen molar-refractivity contribution < 1.29 is 10.2 Å². The second-order valence-electron chi connectivity index (χ2n) is 6.03. The topological polar surface area (TPSA) is 72.7 Å². The highest BCUT2D eigenvalue weighted by Crippen LogP contribution is 2.05. The first kappa shape index (κ1) is 18.5. The van der Waals surface area contributed by atoms with Gasteiger partial charge in [-0.1, -0.05) is 12.1 Å². The zero-order valence-corrected chi connectivity index (χ0v) is 14.4. The molecule has 0 saturated heterocycles. The van der Waals surface area contributed by atoms with Gasteiger partial charge in [0.15, 0.2) is 0 Å². The molecule has 2 aromatic rings. The second-order valence-corrected chi connectivity index (χ2v) is 6.03. The maximum Gasteiger partial charge on any atom is 0.0853 e. The predicted octanol–water partition coefficient (Wildman–Crippen LogP) is 1.02. The average Bonchev–Trinajstić information content (AvgIpc) is 2.60. The van der Waals surface area contributed by atoms with Crippen LogP contribution < -0.4 is 0 Å². The highest BCUT2D eigenvalue weighted by Gasteiger charge is 2.06. The Hall–Kier alpha value is -1.86. The van der Waals surface area contributed by atoms with E-state index in [0.717, 1.165) is 37.6 Å². The SMILES string of the molecule is CN(CCN(C)Cc1cccc(CO)n1)Cc1cccc(CO)n1. The van der Waals surface area contributed by atoms with E-state index in [1.54, 1.807) is 0 Å². The molecule has 6 heteroatoms. The van der Waals surface area contributed by atoms with Gasteiger partial charge >= 0.3 is 0 Å². The largest absolute Gasteiger partial charge is 0.390 e. The van der Waals surface area contributed by atoms with E-state index in [1.165, 1.54) is 0 Å². The Balaban J connectivity index is 1.78. The zero-order chi connectivity index (χ0) is 17.4. The molecule has 0 aliphatic rings. The first-order chi connectivity index (χ1) is 11.6. The fourth-order valence-corrected chi connectivity index (χ4v) is 2.46. The summed E-state index contributed by atoms with van der Waals surface area (Å²) in [6.45, 7) is 3.25. The van der Waals surface area contributed by atoms with E-state index >= 15 is 0 Å². The molecule has 6 nitrogen and oxygen atoms in total. The number of aromatic nitrogens is 2. The number of aliphatic hydroxyl groups excluding tert-OH is 2. The number of aliphatic hydroxyl groups is 2. The van der Waals surface area contributed by atoms with E-state index in [4.69, 9.17) is 10.2 Å². The van der Waals surface area contributed by atoms with Crippen LogP contribution in [-0.4, -0.2) is 57.2 Å². The van der Waals surface area contributed by atoms with Gasteiger partial charge in [0.2, 0.25) is 0 Å². The molecule has 2 aromatic heterocycles. The van der Waals surface area contributed by atoms with E-state index in [0.29, 0.717) is 11.4 Å². The first-order valence-electron chi connectivity index (χ1n) is 8.09. The zero-order valence-electron chi connectivity index (χ0n) is 14.4. The lowest BCUT2D eigenvalue weighted by molar-refractivity contribution is 0.241. The Morgan fingerprint density at radius 1 is 0.708 bits per heavy atom. The van der Waals surface area contributed by atoms with Crippen LogP contribution in [0, 0.1) is 0 Å². The average molecular weight is 330 g/mol. The third-order valence-electron chi connectivity index (χ3n) is 3.78. The summed E-state index contributed by atoms with van der Waals surface area (Å²) < 4.78 is 0. The standard InChI is InChI=1S/C18H26N4O2/c1-21(11-15-5-3-7-17(13-23)19-15)9-10-22(2)12-16-6-4-8-18(14-24)20-16/h3-8,23-24H,9-14H2,1-2H3. The molecule has 0 fully saturated rings. The molecule has 0 bridgehead atoms. The van der Waals surface area contributed by atoms with Crippen molar-refractivity contribution in [3.63, 3.8) is 0 Å². The van der Waals surface area contributed by atoms with Gasteiger partial charge in [0.05, 0.1) is 36.0 Å². The van der Waals surface area contributed by atoms with Crippen LogP contribution in [0.2, 0.25) is 0 Å². The van der Waals surface area contributed by atoms with Crippen molar-refractivity contribution in [3.05, 3.63) is 59.2 Å². The third kappa shape index (κ3) is 5.98. The summed E-state index contributed by atoms with van der Waals surface area (Å²) in [5.41, 5.74) is 3.33. The van der Waals surface area contributed by atoms with Gasteiger partial charge < -0.3 is 10.2 Å². The Morgan fingerprint density at radius 2 is 1.08 bits per heavy atom. The fourth-order valence-electron chi connectivity index (χ4n) is 2.46. The molecule has 0 amide bonds. The van der Waals surface area contributed by atoms with E-state index < -0.39 is 0 Å². The minimum Gasteiger partial charge on any atom is -0.390 e. The first-order valence-corrected chi connectivity index (χ1v) is 8.09. The molecule has 2 N–H and O–H groups in total. The van der Waals surface area contributed by atoms with Gasteiger partial charge in [0.25, 0.3) is 0 Å². The molecule has 0 unspecified atom stereocenters. The lowest BCUT2D eigenvalue weighted by Gasteiger charge is -2.21. The number of hydrogen-bond acceptors (Lipinski definition) is 6. The molecule has 130 valence electrons. The van der Waals surface area contributed by atoms with E-state index in [-0.39, 0.29) is 13.2 Å². The summed E-state index contributed by atoms with van der Waals surface area (Å²) in [7, 11) is 4.12. The summed E-state index contributed by atoms with van der Waals surface area (Å²) in [4.78, 5) is 13.2. The van der Waals surface area contributed by atoms with Gasteiger partial charge in [0, 0.05) is 26.2 Å². The lowest BCUT2D eigenvalue weighted by atomic mass is 10.3. The predicted molar refractivity (Wildman–Crippen MR) is 93.0 cm³/mol. The van der Waals surface area contributed by atoms with Crippen LogP contribution in [0.3, 0.4) is 0 Å². The fraction of sp³-hybridized carbons (Fsp3) is 0.444. The van der Waals surface area contributed by atoms with Crippen molar-refractivity contribution in [2.45, 2.75) is 26.3 Å². The van der Waals surface area contributed by atoms with Crippen LogP contribution >= 0.6 is 0 Å². The van der Waals surface area contributed by atoms with Crippen molar-refractivity contribution in [3.8, 4) is 0 Å². The number of likely N-dealkylation sites (N-methyl/N-ethyl adjacent to an activating group) is 2. The molecular weight excluding hydrogens is 304 g/mol. The Labute approximate surface area is 143 Å². The van der Waals surface area contributed by atoms with Crippen molar-refractivity contribution >= 4 is 0 Å². The van der Waals surface area contributed by atoms with E-state index in [1.807, 2.05) is 36.4 Å². The van der Waals surface area contributed by atoms with Gasteiger partial charge in [-0.15, -0.1) is 0 Å². The Morgan fingerprint density at radius 3 is 1.46 bits per heavy atom. The smallest absolute Gasteiger partial charge is 0.0853 e. The molecule has 0 aliphatic heterocycles. The molecular formula is C18H26N4O2. The van der Waals surface area contributed by atoms with Crippen molar-refractivity contribution in [2.75, 3.05) is 27.2 Å². The lowest BCUT2D eigenvalue weighted by Crippen LogP contribution is -2.30. The van der Waals surface area contributed by atoms with E-state index in [2.05, 4.69) is 33.9 Å². The van der Waals surface area contributed by atoms with Crippen molar-refractivity contribution in [1.82, 2.24) is 19.8 Å². The molecule has 0 saturated carbocycles. The summed E-state index contributed by atoms with van der Waals surface area (Å²) in [5, 5.41) is 18.3. The molecule has 0 radical (unpaired) electrons. The molecule has 0 aliphatic carbocycles. The Bertz CT molecular complexity index is 580. The van der Waals surface area contributed by atoms with Crippen LogP contribution in [0.4, 0.5) is 0 Å². The van der Waals surface area contributed by atoms with Crippen LogP contribution in [-0.2, 0) is 26.3 Å². The minimum absolute atomic E-state index is 0.0276. The monoisotopic (exact) mass is 330 g/mol. The van der Waals surface area contributed by atoms with Crippen LogP contribution in [0.25, 0.3) is 0 Å². The van der Waals surface area contributed by atoms with Crippen LogP contribution in [0.15, 0.2) is 36.4 Å². The quantitative estimate of drug-likeness (QED) is 0.715. The molecule has 0 atom stereocenters. The Kier molecular flexibility index (Phi) is 7.27. The summed E-state index contributed by atoms with van der Waals surface area (Å²) in [6.07, 6.45) is 0. The van der Waals surface area contributed by atoms with Gasteiger partial charge in [-0.05, 0) is 38.4 Å². The van der Waals surface area contributed by atoms with Crippen LogP contribution in [0.1, 0.15) is 22.8 Å². The summed E-state index contributed by atoms with van der Waals surface area (Å²) in [6, 6.07) is 11.4.